The quantitative estimate of drug-likeness (QED) is 0.559. The van der Waals surface area contributed by atoms with Crippen molar-refractivity contribution in [3.63, 3.8) is 0 Å². The standard InChI is InChI=1S/C22H25N3O6/c1-13-5-7-22(8-6-13)20(28)25(21(29)23-22)24-18(26)12-31-19(27)10-15-11-30-17-9-14(2)3-4-16(15)17/h3-4,9,11,13H,5-8,10,12H2,1-2H3,(H,23,29)(H,24,26). The Balaban J connectivity index is 1.30. The van der Waals surface area contributed by atoms with Gasteiger partial charge in [0, 0.05) is 10.9 Å². The van der Waals surface area contributed by atoms with Gasteiger partial charge in [-0.25, -0.2) is 4.79 Å². The van der Waals surface area contributed by atoms with E-state index in [1.54, 1.807) is 0 Å². The first-order chi connectivity index (χ1) is 14.8. The first-order valence-electron chi connectivity index (χ1n) is 10.4. The molecule has 1 aromatic heterocycles. The van der Waals surface area contributed by atoms with E-state index in [9.17, 15) is 19.2 Å². The Labute approximate surface area is 179 Å². The minimum absolute atomic E-state index is 0.0617. The van der Waals surface area contributed by atoms with Gasteiger partial charge in [0.2, 0.25) is 0 Å². The SMILES string of the molecule is Cc1ccc2c(CC(=O)OCC(=O)NN3C(=O)NC4(CCC(C)CC4)C3=O)coc2c1. The fourth-order valence-corrected chi connectivity index (χ4v) is 4.15. The predicted octanol–water partition coefficient (Wildman–Crippen LogP) is 2.36. The topological polar surface area (TPSA) is 118 Å². The third kappa shape index (κ3) is 4.12. The fourth-order valence-electron chi connectivity index (χ4n) is 4.15. The van der Waals surface area contributed by atoms with Crippen molar-refractivity contribution in [1.82, 2.24) is 15.8 Å². The van der Waals surface area contributed by atoms with Crippen molar-refractivity contribution < 1.29 is 28.3 Å². The van der Waals surface area contributed by atoms with Gasteiger partial charge >= 0.3 is 12.0 Å². The molecule has 4 rings (SSSR count). The van der Waals surface area contributed by atoms with Crippen molar-refractivity contribution in [3.8, 4) is 0 Å². The van der Waals surface area contributed by atoms with Gasteiger partial charge in [-0.3, -0.25) is 19.8 Å². The number of esters is 1. The van der Waals surface area contributed by atoms with Gasteiger partial charge in [0.25, 0.3) is 11.8 Å². The molecule has 1 spiro atoms. The van der Waals surface area contributed by atoms with Crippen LogP contribution in [0.3, 0.4) is 0 Å². The molecule has 9 nitrogen and oxygen atoms in total. The number of nitrogens with one attached hydrogen (secondary N) is 2. The summed E-state index contributed by atoms with van der Waals surface area (Å²) in [6, 6.07) is 4.98. The molecule has 164 valence electrons. The normalized spacial score (nSPS) is 23.3. The van der Waals surface area contributed by atoms with Gasteiger partial charge in [-0.15, -0.1) is 0 Å². The molecule has 0 radical (unpaired) electrons. The van der Waals surface area contributed by atoms with Crippen molar-refractivity contribution in [2.45, 2.75) is 51.5 Å². The predicted molar refractivity (Wildman–Crippen MR) is 109 cm³/mol. The average Bonchev–Trinajstić information content (AvgIpc) is 3.22. The van der Waals surface area contributed by atoms with Gasteiger partial charge in [0.1, 0.15) is 11.1 Å². The van der Waals surface area contributed by atoms with E-state index in [0.29, 0.717) is 34.9 Å². The van der Waals surface area contributed by atoms with Crippen LogP contribution in [0.4, 0.5) is 4.79 Å². The Bertz CT molecular complexity index is 1050. The Kier molecular flexibility index (Phi) is 5.43. The lowest BCUT2D eigenvalue weighted by molar-refractivity contribution is -0.150. The second-order valence-corrected chi connectivity index (χ2v) is 8.47. The number of hydrogen-bond donors (Lipinski definition) is 2. The smallest absolute Gasteiger partial charge is 0.344 e. The number of ether oxygens (including phenoxy) is 1. The first kappa shape index (κ1) is 20.9. The van der Waals surface area contributed by atoms with E-state index >= 15 is 0 Å². The van der Waals surface area contributed by atoms with Crippen molar-refractivity contribution in [2.24, 2.45) is 5.92 Å². The molecule has 9 heteroatoms. The van der Waals surface area contributed by atoms with E-state index in [0.717, 1.165) is 23.8 Å². The second kappa shape index (κ2) is 8.05. The maximum absolute atomic E-state index is 12.7. The van der Waals surface area contributed by atoms with Crippen LogP contribution < -0.4 is 10.7 Å². The molecule has 1 saturated heterocycles. The molecule has 0 bridgehead atoms. The largest absolute Gasteiger partial charge is 0.464 e. The van der Waals surface area contributed by atoms with Crippen molar-refractivity contribution >= 4 is 34.8 Å². The zero-order valence-electron chi connectivity index (χ0n) is 17.5. The number of furan rings is 1. The number of urea groups is 1. The highest BCUT2D eigenvalue weighted by Gasteiger charge is 2.52. The van der Waals surface area contributed by atoms with Crippen LogP contribution in [-0.2, 0) is 25.5 Å². The minimum Gasteiger partial charge on any atom is -0.464 e. The summed E-state index contributed by atoms with van der Waals surface area (Å²) < 4.78 is 10.5. The highest BCUT2D eigenvalue weighted by Crippen LogP contribution is 2.35. The van der Waals surface area contributed by atoms with Crippen LogP contribution in [0.5, 0.6) is 0 Å². The summed E-state index contributed by atoms with van der Waals surface area (Å²) in [6.45, 7) is 3.45. The lowest BCUT2D eigenvalue weighted by Crippen LogP contribution is -2.52. The number of nitrogens with zero attached hydrogens (tertiary/aromatic N) is 1. The molecule has 4 amide bonds. The zero-order chi connectivity index (χ0) is 22.2. The number of carbonyl (C=O) groups is 4. The van der Waals surface area contributed by atoms with Crippen LogP contribution in [0, 0.1) is 12.8 Å². The van der Waals surface area contributed by atoms with Gasteiger partial charge in [-0.1, -0.05) is 19.1 Å². The number of amides is 4. The number of aryl methyl sites for hydroxylation is 1. The lowest BCUT2D eigenvalue weighted by Gasteiger charge is -2.33. The summed E-state index contributed by atoms with van der Waals surface area (Å²) in [5, 5.41) is 4.21. The van der Waals surface area contributed by atoms with E-state index < -0.39 is 36.0 Å². The number of carbonyl (C=O) groups excluding carboxylic acids is 4. The number of hydrazine groups is 1. The molecule has 31 heavy (non-hydrogen) atoms. The summed E-state index contributed by atoms with van der Waals surface area (Å²) in [5.41, 5.74) is 3.66. The maximum atomic E-state index is 12.7. The van der Waals surface area contributed by atoms with Crippen LogP contribution in [0.1, 0.15) is 43.7 Å². The van der Waals surface area contributed by atoms with Crippen LogP contribution in [0.25, 0.3) is 11.0 Å². The molecule has 2 aromatic rings. The average molecular weight is 427 g/mol. The molecule has 1 aliphatic carbocycles. The van der Waals surface area contributed by atoms with Crippen LogP contribution in [0.2, 0.25) is 0 Å². The summed E-state index contributed by atoms with van der Waals surface area (Å²) in [4.78, 5) is 49.3. The Hall–Kier alpha value is -3.36. The molecule has 2 N–H and O–H groups in total. The number of rotatable bonds is 5. The van der Waals surface area contributed by atoms with E-state index in [1.807, 2.05) is 25.1 Å². The van der Waals surface area contributed by atoms with Crippen LogP contribution in [0.15, 0.2) is 28.9 Å². The highest BCUT2D eigenvalue weighted by atomic mass is 16.5. The van der Waals surface area contributed by atoms with Gasteiger partial charge in [0.05, 0.1) is 12.7 Å². The third-order valence-electron chi connectivity index (χ3n) is 6.04. The van der Waals surface area contributed by atoms with Crippen molar-refractivity contribution in [2.75, 3.05) is 6.61 Å². The molecule has 1 aromatic carbocycles. The fraction of sp³-hybridized carbons (Fsp3) is 0.455. The number of fused-ring (bicyclic) bond motifs is 1. The van der Waals surface area contributed by atoms with Gasteiger partial charge in [0.15, 0.2) is 6.61 Å². The molecule has 1 saturated carbocycles. The first-order valence-corrected chi connectivity index (χ1v) is 10.4. The minimum atomic E-state index is -0.950. The lowest BCUT2D eigenvalue weighted by atomic mass is 9.77. The summed E-state index contributed by atoms with van der Waals surface area (Å²) in [6.07, 6.45) is 4.16. The number of imide groups is 1. The van der Waals surface area contributed by atoms with Crippen LogP contribution in [-0.4, -0.2) is 41.0 Å². The van der Waals surface area contributed by atoms with Crippen molar-refractivity contribution in [3.05, 3.63) is 35.6 Å². The molecule has 1 aliphatic heterocycles. The van der Waals surface area contributed by atoms with E-state index in [1.165, 1.54) is 6.26 Å². The van der Waals surface area contributed by atoms with E-state index in [4.69, 9.17) is 9.15 Å². The molecular formula is C22H25N3O6. The second-order valence-electron chi connectivity index (χ2n) is 8.47. The molecule has 0 unspecified atom stereocenters. The van der Waals surface area contributed by atoms with Gasteiger partial charge in [-0.05, 0) is 50.2 Å². The number of hydrogen-bond acceptors (Lipinski definition) is 6. The molecular weight excluding hydrogens is 402 g/mol. The van der Waals surface area contributed by atoms with Crippen LogP contribution >= 0.6 is 0 Å². The maximum Gasteiger partial charge on any atom is 0.344 e. The molecule has 0 atom stereocenters. The zero-order valence-corrected chi connectivity index (χ0v) is 17.5. The molecule has 2 aliphatic rings. The molecule has 2 fully saturated rings. The summed E-state index contributed by atoms with van der Waals surface area (Å²) in [5.74, 6) is -1.35. The van der Waals surface area contributed by atoms with E-state index in [-0.39, 0.29) is 6.42 Å². The van der Waals surface area contributed by atoms with Crippen molar-refractivity contribution in [1.29, 1.82) is 0 Å². The monoisotopic (exact) mass is 427 g/mol. The summed E-state index contributed by atoms with van der Waals surface area (Å²) in [7, 11) is 0. The van der Waals surface area contributed by atoms with E-state index in [2.05, 4.69) is 17.7 Å². The van der Waals surface area contributed by atoms with Gasteiger partial charge < -0.3 is 14.5 Å². The highest BCUT2D eigenvalue weighted by molar-refractivity contribution is 6.08. The third-order valence-corrected chi connectivity index (χ3v) is 6.04. The van der Waals surface area contributed by atoms with Gasteiger partial charge in [-0.2, -0.15) is 5.01 Å². The summed E-state index contributed by atoms with van der Waals surface area (Å²) >= 11 is 0. The number of benzene rings is 1. The molecule has 2 heterocycles. The Morgan fingerprint density at radius 2 is 2.03 bits per heavy atom. The Morgan fingerprint density at radius 1 is 1.29 bits per heavy atom. The Morgan fingerprint density at radius 3 is 2.77 bits per heavy atom.